The maximum absolute atomic E-state index is 12.9. The number of amides is 2. The average molecular weight is 408 g/mol. The summed E-state index contributed by atoms with van der Waals surface area (Å²) in [5.41, 5.74) is 3.09. The Morgan fingerprint density at radius 1 is 1.17 bits per heavy atom. The molecule has 2 aromatic rings. The predicted octanol–water partition coefficient (Wildman–Crippen LogP) is 3.38. The second-order valence-corrected chi connectivity index (χ2v) is 7.65. The Morgan fingerprint density at radius 2 is 1.93 bits per heavy atom. The van der Waals surface area contributed by atoms with E-state index in [9.17, 15) is 9.59 Å². The Kier molecular flexibility index (Phi) is 6.90. The molecule has 0 bridgehead atoms. The van der Waals surface area contributed by atoms with E-state index in [0.717, 1.165) is 22.4 Å². The SMILES string of the molecule is COc1cccc(C(CNC(=O)CC2c3ccccc3C=CN2C(C)=O)N(C)C)c1. The zero-order chi connectivity index (χ0) is 21.7. The quantitative estimate of drug-likeness (QED) is 0.764. The van der Waals surface area contributed by atoms with Crippen LogP contribution in [0.15, 0.2) is 54.7 Å². The summed E-state index contributed by atoms with van der Waals surface area (Å²) < 4.78 is 5.33. The highest BCUT2D eigenvalue weighted by Crippen LogP contribution is 2.32. The minimum atomic E-state index is -0.307. The molecule has 0 fully saturated rings. The topological polar surface area (TPSA) is 61.9 Å². The third-order valence-corrected chi connectivity index (χ3v) is 5.44. The molecule has 0 aliphatic carbocycles. The van der Waals surface area contributed by atoms with Crippen LogP contribution in [0.25, 0.3) is 6.08 Å². The molecule has 0 saturated carbocycles. The van der Waals surface area contributed by atoms with Crippen LogP contribution in [0, 0.1) is 0 Å². The van der Waals surface area contributed by atoms with Crippen molar-refractivity contribution >= 4 is 17.9 Å². The van der Waals surface area contributed by atoms with E-state index < -0.39 is 0 Å². The molecule has 1 aliphatic heterocycles. The van der Waals surface area contributed by atoms with E-state index in [2.05, 4.69) is 10.2 Å². The van der Waals surface area contributed by atoms with Crippen LogP contribution in [-0.2, 0) is 9.59 Å². The van der Waals surface area contributed by atoms with E-state index in [1.165, 1.54) is 6.92 Å². The number of carbonyl (C=O) groups is 2. The van der Waals surface area contributed by atoms with Crippen molar-refractivity contribution < 1.29 is 14.3 Å². The number of benzene rings is 2. The number of nitrogens with zero attached hydrogens (tertiary/aromatic N) is 2. The van der Waals surface area contributed by atoms with Gasteiger partial charge in [0.05, 0.1) is 25.6 Å². The largest absolute Gasteiger partial charge is 0.497 e. The minimum Gasteiger partial charge on any atom is -0.497 e. The molecular formula is C24H29N3O3. The van der Waals surface area contributed by atoms with E-state index in [1.54, 1.807) is 18.2 Å². The number of ether oxygens (including phenoxy) is 1. The van der Waals surface area contributed by atoms with Gasteiger partial charge in [-0.05, 0) is 49.0 Å². The molecule has 2 unspecified atom stereocenters. The molecule has 2 atom stereocenters. The molecule has 30 heavy (non-hydrogen) atoms. The standard InChI is InChI=1S/C24H29N3O3/c1-17(28)27-13-12-18-8-5-6-11-21(18)22(27)15-24(29)25-16-23(26(2)3)19-9-7-10-20(14-19)30-4/h5-14,22-23H,15-16H2,1-4H3,(H,25,29). The first-order valence-electron chi connectivity index (χ1n) is 10.0. The molecule has 2 aromatic carbocycles. The number of methoxy groups -OCH3 is 1. The van der Waals surface area contributed by atoms with Crippen LogP contribution in [0.4, 0.5) is 0 Å². The number of rotatable bonds is 7. The van der Waals surface area contributed by atoms with Gasteiger partial charge in [0.15, 0.2) is 0 Å². The number of hydrogen-bond acceptors (Lipinski definition) is 4. The van der Waals surface area contributed by atoms with E-state index in [4.69, 9.17) is 4.74 Å². The molecular weight excluding hydrogens is 378 g/mol. The van der Waals surface area contributed by atoms with Crippen LogP contribution >= 0.6 is 0 Å². The van der Waals surface area contributed by atoms with Crippen molar-refractivity contribution in [1.82, 2.24) is 15.1 Å². The van der Waals surface area contributed by atoms with Crippen LogP contribution in [0.3, 0.4) is 0 Å². The minimum absolute atomic E-state index is 0.00602. The molecule has 0 saturated heterocycles. The molecule has 2 amide bonds. The molecule has 6 nitrogen and oxygen atoms in total. The lowest BCUT2D eigenvalue weighted by molar-refractivity contribution is -0.130. The highest BCUT2D eigenvalue weighted by atomic mass is 16.5. The fourth-order valence-corrected chi connectivity index (χ4v) is 3.82. The smallest absolute Gasteiger partial charge is 0.223 e. The van der Waals surface area contributed by atoms with Crippen molar-refractivity contribution in [3.63, 3.8) is 0 Å². The Morgan fingerprint density at radius 3 is 2.63 bits per heavy atom. The zero-order valence-corrected chi connectivity index (χ0v) is 18.0. The first kappa shape index (κ1) is 21.6. The number of carbonyl (C=O) groups excluding carboxylic acids is 2. The Labute approximate surface area is 178 Å². The zero-order valence-electron chi connectivity index (χ0n) is 18.0. The first-order chi connectivity index (χ1) is 14.4. The van der Waals surface area contributed by atoms with Gasteiger partial charge in [0.2, 0.25) is 11.8 Å². The highest BCUT2D eigenvalue weighted by molar-refractivity contribution is 5.81. The fourth-order valence-electron chi connectivity index (χ4n) is 3.82. The van der Waals surface area contributed by atoms with Crippen molar-refractivity contribution in [3.8, 4) is 5.75 Å². The van der Waals surface area contributed by atoms with Gasteiger partial charge in [0.25, 0.3) is 0 Å². The highest BCUT2D eigenvalue weighted by Gasteiger charge is 2.28. The molecule has 0 spiro atoms. The Hall–Kier alpha value is -3.12. The third kappa shape index (κ3) is 4.89. The summed E-state index contributed by atoms with van der Waals surface area (Å²) in [5, 5.41) is 3.05. The molecule has 3 rings (SSSR count). The summed E-state index contributed by atoms with van der Waals surface area (Å²) in [5.74, 6) is 0.612. The van der Waals surface area contributed by atoms with Crippen molar-refractivity contribution in [1.29, 1.82) is 0 Å². The molecule has 1 N–H and O–H groups in total. The van der Waals surface area contributed by atoms with Gasteiger partial charge in [0.1, 0.15) is 5.75 Å². The summed E-state index contributed by atoms with van der Waals surface area (Å²) in [6, 6.07) is 15.4. The van der Waals surface area contributed by atoms with Crippen molar-refractivity contribution in [2.24, 2.45) is 0 Å². The molecule has 1 aliphatic rings. The van der Waals surface area contributed by atoms with Crippen molar-refractivity contribution in [2.45, 2.75) is 25.4 Å². The van der Waals surface area contributed by atoms with Crippen molar-refractivity contribution in [3.05, 3.63) is 71.4 Å². The second-order valence-electron chi connectivity index (χ2n) is 7.65. The number of nitrogens with one attached hydrogen (secondary N) is 1. The summed E-state index contributed by atoms with van der Waals surface area (Å²) in [6.07, 6.45) is 3.89. The monoisotopic (exact) mass is 407 g/mol. The van der Waals surface area contributed by atoms with Crippen LogP contribution in [0.5, 0.6) is 5.75 Å². The molecule has 0 radical (unpaired) electrons. The molecule has 1 heterocycles. The van der Waals surface area contributed by atoms with Gasteiger partial charge in [0, 0.05) is 19.7 Å². The van der Waals surface area contributed by atoms with E-state index >= 15 is 0 Å². The number of likely N-dealkylation sites (N-methyl/N-ethyl adjacent to an activating group) is 1. The summed E-state index contributed by atoms with van der Waals surface area (Å²) in [4.78, 5) is 28.7. The van der Waals surface area contributed by atoms with Crippen LogP contribution in [0.2, 0.25) is 0 Å². The number of fused-ring (bicyclic) bond motifs is 1. The molecule has 0 aromatic heterocycles. The van der Waals surface area contributed by atoms with Gasteiger partial charge in [-0.3, -0.25) is 9.59 Å². The Balaban J connectivity index is 1.71. The van der Waals surface area contributed by atoms with E-state index in [1.807, 2.05) is 68.7 Å². The molecule has 158 valence electrons. The van der Waals surface area contributed by atoms with Gasteiger partial charge >= 0.3 is 0 Å². The van der Waals surface area contributed by atoms with Gasteiger partial charge in [-0.15, -0.1) is 0 Å². The third-order valence-electron chi connectivity index (χ3n) is 5.44. The lowest BCUT2D eigenvalue weighted by Gasteiger charge is -2.32. The van der Waals surface area contributed by atoms with Gasteiger partial charge in [-0.2, -0.15) is 0 Å². The van der Waals surface area contributed by atoms with E-state index in [-0.39, 0.29) is 30.3 Å². The first-order valence-corrected chi connectivity index (χ1v) is 10.0. The van der Waals surface area contributed by atoms with Gasteiger partial charge in [-0.1, -0.05) is 36.4 Å². The summed E-state index contributed by atoms with van der Waals surface area (Å²) in [6.45, 7) is 1.98. The lowest BCUT2D eigenvalue weighted by Crippen LogP contribution is -2.38. The van der Waals surface area contributed by atoms with Crippen LogP contribution in [-0.4, -0.2) is 49.4 Å². The maximum atomic E-state index is 12.9. The van der Waals surface area contributed by atoms with Crippen molar-refractivity contribution in [2.75, 3.05) is 27.7 Å². The fraction of sp³-hybridized carbons (Fsp3) is 0.333. The van der Waals surface area contributed by atoms with Crippen LogP contribution in [0.1, 0.15) is 42.1 Å². The lowest BCUT2D eigenvalue weighted by atomic mass is 9.93. The number of hydrogen-bond donors (Lipinski definition) is 1. The second kappa shape index (κ2) is 9.59. The normalized spacial score (nSPS) is 16.2. The Bertz CT molecular complexity index is 939. The maximum Gasteiger partial charge on any atom is 0.223 e. The predicted molar refractivity (Wildman–Crippen MR) is 118 cm³/mol. The van der Waals surface area contributed by atoms with Gasteiger partial charge < -0.3 is 19.9 Å². The van der Waals surface area contributed by atoms with Crippen LogP contribution < -0.4 is 10.1 Å². The van der Waals surface area contributed by atoms with Gasteiger partial charge in [-0.25, -0.2) is 0 Å². The van der Waals surface area contributed by atoms with E-state index in [0.29, 0.717) is 6.54 Å². The summed E-state index contributed by atoms with van der Waals surface area (Å²) in [7, 11) is 5.61. The average Bonchev–Trinajstić information content (AvgIpc) is 2.73. The summed E-state index contributed by atoms with van der Waals surface area (Å²) >= 11 is 0. The molecule has 6 heteroatoms.